The van der Waals surface area contributed by atoms with Gasteiger partial charge in [-0.3, -0.25) is 4.90 Å². The van der Waals surface area contributed by atoms with E-state index in [1.54, 1.807) is 6.07 Å². The maximum absolute atomic E-state index is 13.8. The fraction of sp³-hybridized carbons (Fsp3) is 0.625. The first-order valence-corrected chi connectivity index (χ1v) is 7.38. The minimum atomic E-state index is -0.517. The summed E-state index contributed by atoms with van der Waals surface area (Å²) in [6.45, 7) is 9.00. The van der Waals surface area contributed by atoms with Gasteiger partial charge in [0.05, 0.1) is 0 Å². The van der Waals surface area contributed by atoms with Gasteiger partial charge in [-0.1, -0.05) is 19.9 Å². The number of hydrogen-bond acceptors (Lipinski definition) is 2. The molecule has 2 unspecified atom stereocenters. The number of rotatable bonds is 3. The summed E-state index contributed by atoms with van der Waals surface area (Å²) >= 11 is 0. The van der Waals surface area contributed by atoms with Gasteiger partial charge in [0, 0.05) is 36.8 Å². The lowest BCUT2D eigenvalue weighted by Crippen LogP contribution is -2.42. The highest BCUT2D eigenvalue weighted by atomic mass is 19.1. The van der Waals surface area contributed by atoms with E-state index in [1.165, 1.54) is 6.07 Å². The molecule has 4 heteroatoms. The Kier molecular flexibility index (Phi) is 5.11. The SMILES string of the molecule is CC(C)C1CN(Cc2ccc(F)cc2F)C(C)CCN1. The van der Waals surface area contributed by atoms with Crippen molar-refractivity contribution in [2.75, 3.05) is 13.1 Å². The minimum absolute atomic E-state index is 0.399. The van der Waals surface area contributed by atoms with Crippen molar-refractivity contribution in [2.45, 2.75) is 45.8 Å². The summed E-state index contributed by atoms with van der Waals surface area (Å²) in [7, 11) is 0. The molecule has 0 aliphatic carbocycles. The van der Waals surface area contributed by atoms with Gasteiger partial charge >= 0.3 is 0 Å². The van der Waals surface area contributed by atoms with Crippen molar-refractivity contribution in [1.29, 1.82) is 0 Å². The Morgan fingerprint density at radius 3 is 2.75 bits per heavy atom. The van der Waals surface area contributed by atoms with Crippen molar-refractivity contribution in [1.82, 2.24) is 10.2 Å². The number of nitrogens with one attached hydrogen (secondary N) is 1. The van der Waals surface area contributed by atoms with E-state index in [4.69, 9.17) is 0 Å². The van der Waals surface area contributed by atoms with E-state index in [0.29, 0.717) is 30.1 Å². The average molecular weight is 282 g/mol. The van der Waals surface area contributed by atoms with Crippen LogP contribution in [0.3, 0.4) is 0 Å². The molecule has 1 aromatic carbocycles. The van der Waals surface area contributed by atoms with Crippen LogP contribution in [-0.2, 0) is 6.54 Å². The zero-order chi connectivity index (χ0) is 14.7. The van der Waals surface area contributed by atoms with E-state index in [9.17, 15) is 8.78 Å². The summed E-state index contributed by atoms with van der Waals surface area (Å²) in [5, 5.41) is 3.56. The van der Waals surface area contributed by atoms with E-state index in [0.717, 1.165) is 25.6 Å². The van der Waals surface area contributed by atoms with E-state index >= 15 is 0 Å². The van der Waals surface area contributed by atoms with Crippen LogP contribution in [0.15, 0.2) is 18.2 Å². The molecule has 0 aromatic heterocycles. The number of nitrogens with zero attached hydrogens (tertiary/aromatic N) is 1. The van der Waals surface area contributed by atoms with Crippen LogP contribution in [0.2, 0.25) is 0 Å². The third-order valence-electron chi connectivity index (χ3n) is 4.22. The molecule has 1 aliphatic heterocycles. The molecule has 1 fully saturated rings. The van der Waals surface area contributed by atoms with Crippen LogP contribution < -0.4 is 5.32 Å². The maximum Gasteiger partial charge on any atom is 0.130 e. The van der Waals surface area contributed by atoms with Crippen molar-refractivity contribution >= 4 is 0 Å². The molecule has 0 bridgehead atoms. The van der Waals surface area contributed by atoms with Crippen LogP contribution in [0.1, 0.15) is 32.8 Å². The van der Waals surface area contributed by atoms with Gasteiger partial charge in [-0.15, -0.1) is 0 Å². The smallest absolute Gasteiger partial charge is 0.130 e. The van der Waals surface area contributed by atoms with Gasteiger partial charge in [-0.2, -0.15) is 0 Å². The second-order valence-corrected chi connectivity index (χ2v) is 6.11. The van der Waals surface area contributed by atoms with Crippen LogP contribution in [0.25, 0.3) is 0 Å². The van der Waals surface area contributed by atoms with Gasteiger partial charge in [-0.05, 0) is 31.9 Å². The predicted octanol–water partition coefficient (Wildman–Crippen LogP) is 3.17. The van der Waals surface area contributed by atoms with Gasteiger partial charge in [0.15, 0.2) is 0 Å². The van der Waals surface area contributed by atoms with Crippen LogP contribution >= 0.6 is 0 Å². The zero-order valence-electron chi connectivity index (χ0n) is 12.5. The maximum atomic E-state index is 13.8. The van der Waals surface area contributed by atoms with Gasteiger partial charge in [0.1, 0.15) is 11.6 Å². The first-order valence-electron chi connectivity index (χ1n) is 7.38. The fourth-order valence-corrected chi connectivity index (χ4v) is 2.69. The standard InChI is InChI=1S/C16H24F2N2/c1-11(2)16-10-20(12(3)6-7-19-16)9-13-4-5-14(17)8-15(13)18/h4-5,8,11-12,16,19H,6-7,9-10H2,1-3H3. The summed E-state index contributed by atoms with van der Waals surface area (Å²) in [6, 6.07) is 4.67. The van der Waals surface area contributed by atoms with E-state index < -0.39 is 11.6 Å². The molecule has 0 radical (unpaired) electrons. The summed E-state index contributed by atoms with van der Waals surface area (Å²) in [5.41, 5.74) is 0.572. The first-order chi connectivity index (χ1) is 9.47. The quantitative estimate of drug-likeness (QED) is 0.916. The molecule has 112 valence electrons. The topological polar surface area (TPSA) is 15.3 Å². The van der Waals surface area contributed by atoms with Crippen molar-refractivity contribution in [3.8, 4) is 0 Å². The fourth-order valence-electron chi connectivity index (χ4n) is 2.69. The summed E-state index contributed by atoms with van der Waals surface area (Å²) < 4.78 is 26.8. The third kappa shape index (κ3) is 3.76. The molecule has 1 saturated heterocycles. The number of benzene rings is 1. The van der Waals surface area contributed by atoms with E-state index in [1.807, 2.05) is 0 Å². The van der Waals surface area contributed by atoms with Gasteiger partial charge < -0.3 is 5.32 Å². The van der Waals surface area contributed by atoms with Crippen LogP contribution in [0.5, 0.6) is 0 Å². The Labute approximate surface area is 120 Å². The Morgan fingerprint density at radius 1 is 1.35 bits per heavy atom. The molecule has 2 atom stereocenters. The molecule has 0 saturated carbocycles. The first kappa shape index (κ1) is 15.4. The van der Waals surface area contributed by atoms with Crippen LogP contribution in [0.4, 0.5) is 8.78 Å². The Balaban J connectivity index is 2.12. The second kappa shape index (κ2) is 6.64. The summed E-state index contributed by atoms with van der Waals surface area (Å²) in [6.07, 6.45) is 1.05. The van der Waals surface area contributed by atoms with Gasteiger partial charge in [-0.25, -0.2) is 8.78 Å². The summed E-state index contributed by atoms with van der Waals surface area (Å²) in [4.78, 5) is 2.29. The zero-order valence-corrected chi connectivity index (χ0v) is 12.5. The van der Waals surface area contributed by atoms with Crippen LogP contribution in [-0.4, -0.2) is 30.1 Å². The molecule has 1 aromatic rings. The highest BCUT2D eigenvalue weighted by Crippen LogP contribution is 2.19. The molecule has 1 N–H and O–H groups in total. The van der Waals surface area contributed by atoms with E-state index in [-0.39, 0.29) is 0 Å². The normalized spacial score (nSPS) is 24.9. The Morgan fingerprint density at radius 2 is 2.10 bits per heavy atom. The number of halogens is 2. The molecule has 20 heavy (non-hydrogen) atoms. The lowest BCUT2D eigenvalue weighted by Gasteiger charge is -2.30. The van der Waals surface area contributed by atoms with Gasteiger partial charge in [0.2, 0.25) is 0 Å². The minimum Gasteiger partial charge on any atom is -0.312 e. The Bertz CT molecular complexity index is 448. The van der Waals surface area contributed by atoms with Gasteiger partial charge in [0.25, 0.3) is 0 Å². The molecule has 1 aliphatic rings. The van der Waals surface area contributed by atoms with E-state index in [2.05, 4.69) is 31.0 Å². The number of hydrogen-bond donors (Lipinski definition) is 1. The van der Waals surface area contributed by atoms with Crippen LogP contribution in [0, 0.1) is 17.6 Å². The van der Waals surface area contributed by atoms with Crippen molar-refractivity contribution in [3.63, 3.8) is 0 Å². The average Bonchev–Trinajstić information content (AvgIpc) is 2.55. The van der Waals surface area contributed by atoms with Crippen molar-refractivity contribution in [2.24, 2.45) is 5.92 Å². The molecule has 0 spiro atoms. The second-order valence-electron chi connectivity index (χ2n) is 6.11. The monoisotopic (exact) mass is 282 g/mol. The van der Waals surface area contributed by atoms with Crippen molar-refractivity contribution < 1.29 is 8.78 Å². The summed E-state index contributed by atoms with van der Waals surface area (Å²) in [5.74, 6) is -0.423. The lowest BCUT2D eigenvalue weighted by atomic mass is 10.0. The molecule has 2 nitrogen and oxygen atoms in total. The lowest BCUT2D eigenvalue weighted by molar-refractivity contribution is 0.182. The third-order valence-corrected chi connectivity index (χ3v) is 4.22. The molecule has 2 rings (SSSR count). The Hall–Kier alpha value is -1.00. The highest BCUT2D eigenvalue weighted by molar-refractivity contribution is 5.18. The predicted molar refractivity (Wildman–Crippen MR) is 77.5 cm³/mol. The van der Waals surface area contributed by atoms with Crippen molar-refractivity contribution in [3.05, 3.63) is 35.4 Å². The molecular weight excluding hydrogens is 258 g/mol. The molecular formula is C16H24F2N2. The molecule has 1 heterocycles. The largest absolute Gasteiger partial charge is 0.312 e. The molecule has 0 amide bonds. The highest BCUT2D eigenvalue weighted by Gasteiger charge is 2.25.